The van der Waals surface area contributed by atoms with Gasteiger partial charge in [0.1, 0.15) is 0 Å². The van der Waals surface area contributed by atoms with E-state index in [1.165, 1.54) is 57.4 Å². The number of benzene rings is 2. The third-order valence-corrected chi connectivity index (χ3v) is 6.56. The van der Waals surface area contributed by atoms with Gasteiger partial charge >= 0.3 is 21.7 Å². The predicted octanol–water partition coefficient (Wildman–Crippen LogP) is 6.75. The van der Waals surface area contributed by atoms with Crippen LogP contribution < -0.4 is 10.6 Å². The first-order valence-corrected chi connectivity index (χ1v) is 10.9. The molecule has 3 aromatic rings. The average Bonchev–Trinajstić information content (AvgIpc) is 3.24. The minimum atomic E-state index is 0. The second kappa shape index (κ2) is 11.6. The van der Waals surface area contributed by atoms with E-state index in [4.69, 9.17) is 0 Å². The molecule has 0 bridgehead atoms. The fourth-order valence-electron chi connectivity index (χ4n) is 3.43. The van der Waals surface area contributed by atoms with E-state index in [-0.39, 0.29) is 21.7 Å². The van der Waals surface area contributed by atoms with E-state index in [1.54, 1.807) is 0 Å². The molecule has 0 saturated heterocycles. The van der Waals surface area contributed by atoms with E-state index in [9.17, 15) is 0 Å². The van der Waals surface area contributed by atoms with E-state index < -0.39 is 0 Å². The topological polar surface area (TPSA) is 0 Å². The molecule has 28 heavy (non-hydrogen) atoms. The Morgan fingerprint density at radius 2 is 1.71 bits per heavy atom. The Kier molecular flexibility index (Phi) is 9.53. The number of hydrogen-bond acceptors (Lipinski definition) is 0. The largest absolute Gasteiger partial charge is 2.00 e. The molecular formula is C26H29PTi. The van der Waals surface area contributed by atoms with Gasteiger partial charge in [-0.15, -0.1) is 67.8 Å². The number of fused-ring (bicyclic) bond motifs is 1. The SMILES string of the molecule is CCCCC1=[C-]CC=C1C.Cc1[cH-]c2ccccc2c1Pc1ccccc1.[Ti+2]. The number of allylic oxidation sites excluding steroid dienone is 4. The first-order chi connectivity index (χ1) is 13.2. The zero-order valence-electron chi connectivity index (χ0n) is 17.2. The van der Waals surface area contributed by atoms with E-state index in [0.717, 1.165) is 15.0 Å². The van der Waals surface area contributed by atoms with Crippen LogP contribution in [0.2, 0.25) is 0 Å². The molecule has 4 rings (SSSR count). The molecule has 142 valence electrons. The average molecular weight is 420 g/mol. The molecule has 0 spiro atoms. The number of unbranched alkanes of at least 4 members (excludes halogenated alkanes) is 1. The van der Waals surface area contributed by atoms with Gasteiger partial charge in [-0.25, -0.2) is 11.1 Å². The van der Waals surface area contributed by atoms with Crippen LogP contribution in [0.25, 0.3) is 10.8 Å². The molecular weight excluding hydrogens is 391 g/mol. The molecule has 2 heteroatoms. The summed E-state index contributed by atoms with van der Waals surface area (Å²) in [6.07, 6.45) is 10.5. The van der Waals surface area contributed by atoms with Crippen LogP contribution in [-0.2, 0) is 21.7 Å². The van der Waals surface area contributed by atoms with Gasteiger partial charge in [0.2, 0.25) is 0 Å². The Labute approximate surface area is 187 Å². The van der Waals surface area contributed by atoms with Crippen LogP contribution in [0.1, 0.15) is 45.1 Å². The van der Waals surface area contributed by atoms with Crippen molar-refractivity contribution in [1.29, 1.82) is 0 Å². The summed E-state index contributed by atoms with van der Waals surface area (Å²) in [5.41, 5.74) is 4.32. The Balaban J connectivity index is 0.000000221. The van der Waals surface area contributed by atoms with Gasteiger partial charge < -0.3 is 0 Å². The summed E-state index contributed by atoms with van der Waals surface area (Å²) in [7, 11) is 0.754. The van der Waals surface area contributed by atoms with Crippen LogP contribution in [0.5, 0.6) is 0 Å². The molecule has 0 nitrogen and oxygen atoms in total. The van der Waals surface area contributed by atoms with Gasteiger partial charge in [-0.05, 0) is 5.30 Å². The van der Waals surface area contributed by atoms with Gasteiger partial charge in [-0.2, -0.15) is 6.08 Å². The van der Waals surface area contributed by atoms with Crippen LogP contribution in [0.3, 0.4) is 0 Å². The van der Waals surface area contributed by atoms with Crippen molar-refractivity contribution in [2.75, 3.05) is 0 Å². The number of hydrogen-bond donors (Lipinski definition) is 0. The van der Waals surface area contributed by atoms with Crippen LogP contribution in [0.4, 0.5) is 0 Å². The summed E-state index contributed by atoms with van der Waals surface area (Å²) in [4.78, 5) is 0. The van der Waals surface area contributed by atoms with Crippen LogP contribution in [0, 0.1) is 13.0 Å². The zero-order chi connectivity index (χ0) is 19.1. The van der Waals surface area contributed by atoms with E-state index in [2.05, 4.69) is 93.6 Å². The van der Waals surface area contributed by atoms with Gasteiger partial charge in [-0.3, -0.25) is 6.08 Å². The monoisotopic (exact) mass is 420 g/mol. The fourth-order valence-corrected chi connectivity index (χ4v) is 4.71. The molecule has 0 aliphatic heterocycles. The summed E-state index contributed by atoms with van der Waals surface area (Å²) >= 11 is 0. The predicted molar refractivity (Wildman–Crippen MR) is 123 cm³/mol. The van der Waals surface area contributed by atoms with Gasteiger partial charge in [0, 0.05) is 0 Å². The van der Waals surface area contributed by atoms with Gasteiger partial charge in [0.15, 0.2) is 0 Å². The number of rotatable bonds is 5. The van der Waals surface area contributed by atoms with Crippen molar-refractivity contribution in [3.8, 4) is 0 Å². The second-order valence-electron chi connectivity index (χ2n) is 7.13. The summed E-state index contributed by atoms with van der Waals surface area (Å²) in [5.74, 6) is 0. The van der Waals surface area contributed by atoms with Crippen LogP contribution in [0.15, 0.2) is 77.9 Å². The smallest absolute Gasteiger partial charge is 0.269 e. The maximum absolute atomic E-state index is 3.37. The third kappa shape index (κ3) is 6.08. The van der Waals surface area contributed by atoms with Crippen molar-refractivity contribution < 1.29 is 21.7 Å². The fraction of sp³-hybridized carbons (Fsp3) is 0.269. The molecule has 1 aliphatic rings. The quantitative estimate of drug-likeness (QED) is 0.243. The standard InChI is InChI=1S/C16H14P.C10H15.Ti/c1-12-11-13-7-5-6-10-15(13)16(12)17-14-8-3-2-4-9-14;1-3-4-7-10-8-5-6-9(10)2;/h2-11,17H,1H3;6H,3-5,7H2,1-2H3;/q2*-1;+2. The molecule has 0 aromatic heterocycles. The second-order valence-corrected chi connectivity index (χ2v) is 8.46. The minimum absolute atomic E-state index is 0. The molecule has 0 amide bonds. The van der Waals surface area contributed by atoms with Gasteiger partial charge in [-0.1, -0.05) is 69.5 Å². The van der Waals surface area contributed by atoms with Gasteiger partial charge in [0.05, 0.1) is 0 Å². The van der Waals surface area contributed by atoms with Gasteiger partial charge in [0.25, 0.3) is 0 Å². The summed E-state index contributed by atoms with van der Waals surface area (Å²) in [5, 5.41) is 5.68. The zero-order valence-corrected chi connectivity index (χ0v) is 19.7. The van der Waals surface area contributed by atoms with E-state index in [0.29, 0.717) is 0 Å². The molecule has 0 N–H and O–H groups in total. The normalized spacial score (nSPS) is 13.1. The van der Waals surface area contributed by atoms with Crippen LogP contribution in [-0.4, -0.2) is 0 Å². The van der Waals surface area contributed by atoms with Crippen molar-refractivity contribution in [3.05, 3.63) is 89.5 Å². The molecule has 3 aromatic carbocycles. The van der Waals surface area contributed by atoms with Crippen molar-refractivity contribution in [3.63, 3.8) is 0 Å². The molecule has 0 fully saturated rings. The first-order valence-electron chi connectivity index (χ1n) is 9.93. The van der Waals surface area contributed by atoms with Crippen molar-refractivity contribution >= 4 is 30.0 Å². The van der Waals surface area contributed by atoms with E-state index >= 15 is 0 Å². The van der Waals surface area contributed by atoms with Crippen LogP contribution >= 0.6 is 8.58 Å². The minimum Gasteiger partial charge on any atom is -0.269 e. The number of aryl methyl sites for hydroxylation is 1. The maximum Gasteiger partial charge on any atom is 2.00 e. The summed E-state index contributed by atoms with van der Waals surface area (Å²) in [6, 6.07) is 21.7. The molecule has 1 aliphatic carbocycles. The Morgan fingerprint density at radius 1 is 1.00 bits per heavy atom. The van der Waals surface area contributed by atoms with Crippen molar-refractivity contribution in [2.45, 2.75) is 46.5 Å². The summed E-state index contributed by atoms with van der Waals surface area (Å²) in [6.45, 7) is 6.63. The van der Waals surface area contributed by atoms with Crippen molar-refractivity contribution in [1.82, 2.24) is 0 Å². The molecule has 1 atom stereocenters. The van der Waals surface area contributed by atoms with Crippen molar-refractivity contribution in [2.24, 2.45) is 0 Å². The molecule has 1 unspecified atom stereocenters. The Bertz CT molecular complexity index is 931. The maximum atomic E-state index is 3.37. The van der Waals surface area contributed by atoms with E-state index in [1.807, 2.05) is 0 Å². The Morgan fingerprint density at radius 3 is 2.39 bits per heavy atom. The summed E-state index contributed by atoms with van der Waals surface area (Å²) < 4.78 is 0. The molecule has 0 heterocycles. The first kappa shape index (κ1) is 23.0. The molecule has 0 saturated carbocycles. The Hall–Kier alpha value is -1.33. The molecule has 0 radical (unpaired) electrons. The third-order valence-electron chi connectivity index (χ3n) is 5.02.